The molecule has 3 aromatic rings. The summed E-state index contributed by atoms with van der Waals surface area (Å²) >= 11 is 0. The van der Waals surface area contributed by atoms with Crippen molar-refractivity contribution < 1.29 is 39.2 Å². The van der Waals surface area contributed by atoms with Gasteiger partial charge in [-0.25, -0.2) is 31.1 Å². The molecule has 1 fully saturated rings. The fraction of sp³-hybridized carbons (Fsp3) is 0.345. The van der Waals surface area contributed by atoms with E-state index in [9.17, 15) is 39.2 Å². The van der Waals surface area contributed by atoms with Gasteiger partial charge in [-0.1, -0.05) is 43.5 Å². The summed E-state index contributed by atoms with van der Waals surface area (Å²) in [5, 5.41) is 5.01. The fourth-order valence-electron chi connectivity index (χ4n) is 5.18. The zero-order valence-electron chi connectivity index (χ0n) is 24.0. The van der Waals surface area contributed by atoms with E-state index in [1.165, 1.54) is 35.6 Å². The molecule has 0 aromatic heterocycles. The standard InChI is InChI=1S/C29H32F4N4O5S2/c1-18-25(30)27(32)29(28(33)26(18)31)43(39,40)36(2)17-24(38)37(23-14-12-22(13-15-23)35-44(34,41)42)16-19-8-10-21(11-9-19)20-6-4-3-5-7-20/h8-15,20,35H,3-7,16-17H2,1-2H3,(H2,34,41,42). The van der Waals surface area contributed by atoms with Gasteiger partial charge in [0.2, 0.25) is 15.9 Å². The second kappa shape index (κ2) is 13.2. The quantitative estimate of drug-likeness (QED) is 0.233. The molecule has 44 heavy (non-hydrogen) atoms. The highest BCUT2D eigenvalue weighted by Gasteiger charge is 2.36. The maximum atomic E-state index is 14.6. The molecule has 3 N–H and O–H groups in total. The molecule has 9 nitrogen and oxygen atoms in total. The first kappa shape index (κ1) is 33.4. The van der Waals surface area contributed by atoms with Crippen molar-refractivity contribution in [3.8, 4) is 0 Å². The molecular weight excluding hydrogens is 624 g/mol. The van der Waals surface area contributed by atoms with Crippen LogP contribution in [0.15, 0.2) is 53.4 Å². The zero-order valence-corrected chi connectivity index (χ0v) is 25.6. The fourth-order valence-corrected chi connectivity index (χ4v) is 6.86. The van der Waals surface area contributed by atoms with Crippen LogP contribution in [-0.4, -0.2) is 40.6 Å². The van der Waals surface area contributed by atoms with E-state index in [2.05, 4.69) is 4.72 Å². The van der Waals surface area contributed by atoms with Crippen molar-refractivity contribution in [1.29, 1.82) is 0 Å². The molecule has 0 radical (unpaired) electrons. The highest BCUT2D eigenvalue weighted by atomic mass is 32.2. The lowest BCUT2D eigenvalue weighted by molar-refractivity contribution is -0.118. The van der Waals surface area contributed by atoms with Crippen LogP contribution < -0.4 is 14.8 Å². The van der Waals surface area contributed by atoms with Gasteiger partial charge in [-0.3, -0.25) is 9.52 Å². The summed E-state index contributed by atoms with van der Waals surface area (Å²) in [5.41, 5.74) is 1.13. The molecule has 1 saturated carbocycles. The van der Waals surface area contributed by atoms with Crippen molar-refractivity contribution in [3.63, 3.8) is 0 Å². The molecule has 0 unspecified atom stereocenters. The summed E-state index contributed by atoms with van der Waals surface area (Å²) in [6.07, 6.45) is 5.67. The summed E-state index contributed by atoms with van der Waals surface area (Å²) < 4.78 is 109. The summed E-state index contributed by atoms with van der Waals surface area (Å²) in [6.45, 7) is -0.268. The van der Waals surface area contributed by atoms with E-state index in [0.29, 0.717) is 15.8 Å². The molecule has 0 spiro atoms. The number of carbonyl (C=O) groups is 1. The number of nitrogens with zero attached hydrogens (tertiary/aromatic N) is 2. The SMILES string of the molecule is Cc1c(F)c(F)c(S(=O)(=O)N(C)CC(=O)N(Cc2ccc(C3CCCCC3)cc2)c2ccc(NS(N)(=O)=O)cc2)c(F)c1F. The van der Waals surface area contributed by atoms with Crippen molar-refractivity contribution >= 4 is 37.5 Å². The van der Waals surface area contributed by atoms with E-state index in [4.69, 9.17) is 5.14 Å². The Kier molecular flexibility index (Phi) is 10.0. The van der Waals surface area contributed by atoms with E-state index in [1.54, 1.807) is 0 Å². The van der Waals surface area contributed by atoms with Gasteiger partial charge in [0.1, 0.15) is 0 Å². The lowest BCUT2D eigenvalue weighted by Gasteiger charge is -2.27. The molecule has 1 aliphatic carbocycles. The number of hydrogen-bond acceptors (Lipinski definition) is 5. The first-order chi connectivity index (χ1) is 20.6. The Hall–Kier alpha value is -3.53. The molecule has 0 aliphatic heterocycles. The molecule has 3 aromatic carbocycles. The third-order valence-electron chi connectivity index (χ3n) is 7.61. The van der Waals surface area contributed by atoms with Crippen LogP contribution in [-0.2, 0) is 31.6 Å². The molecule has 0 heterocycles. The summed E-state index contributed by atoms with van der Waals surface area (Å²) in [4.78, 5) is 12.9. The molecule has 0 bridgehead atoms. The second-order valence-corrected chi connectivity index (χ2v) is 14.0. The van der Waals surface area contributed by atoms with Crippen molar-refractivity contribution in [2.75, 3.05) is 23.2 Å². The summed E-state index contributed by atoms with van der Waals surface area (Å²) in [5.74, 6) is -8.36. The first-order valence-electron chi connectivity index (χ1n) is 13.7. The van der Waals surface area contributed by atoms with Crippen LogP contribution in [0.3, 0.4) is 0 Å². The minimum Gasteiger partial charge on any atom is -0.307 e. The number of anilines is 2. The molecule has 238 valence electrons. The number of nitrogens with one attached hydrogen (secondary N) is 1. The van der Waals surface area contributed by atoms with Crippen LogP contribution in [0, 0.1) is 30.2 Å². The van der Waals surface area contributed by atoms with Gasteiger partial charge in [-0.2, -0.15) is 12.7 Å². The minimum absolute atomic E-state index is 0.0594. The maximum Gasteiger partial charge on any atom is 0.296 e. The topological polar surface area (TPSA) is 130 Å². The molecule has 1 aliphatic rings. The highest BCUT2D eigenvalue weighted by molar-refractivity contribution is 7.90. The first-order valence-corrected chi connectivity index (χ1v) is 16.7. The Morgan fingerprint density at radius 2 is 1.41 bits per heavy atom. The van der Waals surface area contributed by atoms with Crippen LogP contribution in [0.2, 0.25) is 0 Å². The van der Waals surface area contributed by atoms with Crippen molar-refractivity contribution in [2.45, 2.75) is 56.4 Å². The number of rotatable bonds is 10. The number of nitrogens with two attached hydrogens (primary N) is 1. The molecular formula is C29H32F4N4O5S2. The predicted molar refractivity (Wildman–Crippen MR) is 157 cm³/mol. The number of likely N-dealkylation sites (N-methyl/N-ethyl adjacent to an activating group) is 1. The van der Waals surface area contributed by atoms with Crippen molar-refractivity contribution in [2.24, 2.45) is 5.14 Å². The third-order valence-corrected chi connectivity index (χ3v) is 9.95. The monoisotopic (exact) mass is 656 g/mol. The van der Waals surface area contributed by atoms with Gasteiger partial charge in [-0.15, -0.1) is 0 Å². The van der Waals surface area contributed by atoms with Gasteiger partial charge in [0, 0.05) is 24.0 Å². The largest absolute Gasteiger partial charge is 0.307 e. The van der Waals surface area contributed by atoms with Crippen LogP contribution in [0.5, 0.6) is 0 Å². The number of hydrogen-bond donors (Lipinski definition) is 2. The van der Waals surface area contributed by atoms with Crippen molar-refractivity contribution in [1.82, 2.24) is 4.31 Å². The molecule has 1 amide bonds. The molecule has 0 atom stereocenters. The maximum absolute atomic E-state index is 14.6. The molecule has 4 rings (SSSR count). The van der Waals surface area contributed by atoms with Gasteiger partial charge in [0.25, 0.3) is 10.2 Å². The number of amides is 1. The Morgan fingerprint density at radius 1 is 0.864 bits per heavy atom. The van der Waals surface area contributed by atoms with Gasteiger partial charge in [-0.05, 0) is 61.1 Å². The average Bonchev–Trinajstić information content (AvgIpc) is 2.98. The second-order valence-electron chi connectivity index (χ2n) is 10.7. The minimum atomic E-state index is -5.23. The van der Waals surface area contributed by atoms with E-state index in [0.717, 1.165) is 45.2 Å². The van der Waals surface area contributed by atoms with Crippen LogP contribution in [0.4, 0.5) is 28.9 Å². The number of benzene rings is 3. The van der Waals surface area contributed by atoms with Crippen LogP contribution >= 0.6 is 0 Å². The van der Waals surface area contributed by atoms with E-state index in [-0.39, 0.29) is 17.9 Å². The van der Waals surface area contributed by atoms with Gasteiger partial charge < -0.3 is 4.90 Å². The zero-order chi connectivity index (χ0) is 32.4. The Balaban J connectivity index is 1.64. The normalized spacial score (nSPS) is 14.5. The Labute approximate surface area is 253 Å². The summed E-state index contributed by atoms with van der Waals surface area (Å²) in [6, 6.07) is 13.0. The predicted octanol–water partition coefficient (Wildman–Crippen LogP) is 5.07. The van der Waals surface area contributed by atoms with Crippen molar-refractivity contribution in [3.05, 3.63) is 88.5 Å². The van der Waals surface area contributed by atoms with Crippen LogP contribution in [0.1, 0.15) is 54.7 Å². The lowest BCUT2D eigenvalue weighted by atomic mass is 9.84. The lowest BCUT2D eigenvalue weighted by Crippen LogP contribution is -2.41. The molecule has 15 heteroatoms. The summed E-state index contributed by atoms with van der Waals surface area (Å²) in [7, 11) is -8.46. The Morgan fingerprint density at radius 3 is 1.93 bits per heavy atom. The van der Waals surface area contributed by atoms with Gasteiger partial charge >= 0.3 is 0 Å². The smallest absolute Gasteiger partial charge is 0.296 e. The number of sulfonamides is 1. The van der Waals surface area contributed by atoms with E-state index in [1.807, 2.05) is 24.3 Å². The van der Waals surface area contributed by atoms with Gasteiger partial charge in [0.15, 0.2) is 28.2 Å². The van der Waals surface area contributed by atoms with Gasteiger partial charge in [0.05, 0.1) is 13.1 Å². The third kappa shape index (κ3) is 7.39. The average molecular weight is 657 g/mol. The van der Waals surface area contributed by atoms with E-state index < -0.39 is 66.4 Å². The number of halogens is 4. The molecule has 0 saturated heterocycles. The van der Waals surface area contributed by atoms with E-state index >= 15 is 0 Å². The van der Waals surface area contributed by atoms with Crippen LogP contribution in [0.25, 0.3) is 0 Å². The Bertz CT molecular complexity index is 1720. The highest BCUT2D eigenvalue weighted by Crippen LogP contribution is 2.33. The number of carbonyl (C=O) groups excluding carboxylic acids is 1.